The Labute approximate surface area is 100 Å². The Morgan fingerprint density at radius 2 is 2.18 bits per heavy atom. The predicted molar refractivity (Wildman–Crippen MR) is 67.2 cm³/mol. The first kappa shape index (κ1) is 11.6. The van der Waals surface area contributed by atoms with Crippen LogP contribution in [0.4, 0.5) is 0 Å². The van der Waals surface area contributed by atoms with Crippen LogP contribution in [0.1, 0.15) is 31.3 Å². The van der Waals surface area contributed by atoms with Gasteiger partial charge in [-0.05, 0) is 38.5 Å². The average molecular weight is 228 g/mol. The zero-order valence-electron chi connectivity index (χ0n) is 10.3. The number of nitrogens with two attached hydrogens (primary N) is 1. The van der Waals surface area contributed by atoms with Gasteiger partial charge in [-0.25, -0.2) is 4.98 Å². The van der Waals surface area contributed by atoms with Crippen LogP contribution in [-0.4, -0.2) is 9.97 Å². The minimum atomic E-state index is -0.581. The molecule has 4 nitrogen and oxygen atoms in total. The van der Waals surface area contributed by atoms with Gasteiger partial charge in [0.2, 0.25) is 0 Å². The van der Waals surface area contributed by atoms with E-state index in [1.807, 2.05) is 39.0 Å². The highest BCUT2D eigenvalue weighted by atomic mass is 14.9. The number of hydrogen-bond donors (Lipinski definition) is 2. The van der Waals surface area contributed by atoms with Gasteiger partial charge in [-0.1, -0.05) is 6.07 Å². The van der Waals surface area contributed by atoms with Crippen molar-refractivity contribution in [3.63, 3.8) is 0 Å². The van der Waals surface area contributed by atoms with E-state index in [1.165, 1.54) is 0 Å². The highest BCUT2D eigenvalue weighted by molar-refractivity contribution is 5.76. The lowest BCUT2D eigenvalue weighted by Gasteiger charge is -2.24. The fraction of sp³-hybridized carbons (Fsp3) is 0.385. The number of nitrogens with zero attached hydrogens (tertiary/aromatic N) is 2. The van der Waals surface area contributed by atoms with Gasteiger partial charge >= 0.3 is 0 Å². The summed E-state index contributed by atoms with van der Waals surface area (Å²) in [5, 5.41) is 9.09. The first-order valence-electron chi connectivity index (χ1n) is 5.57. The predicted octanol–water partition coefficient (Wildman–Crippen LogP) is 2.42. The molecule has 0 fully saturated rings. The zero-order chi connectivity index (χ0) is 12.6. The van der Waals surface area contributed by atoms with E-state index >= 15 is 0 Å². The number of fused-ring (bicyclic) bond motifs is 1. The molecule has 4 heteroatoms. The quantitative estimate of drug-likeness (QED) is 0.828. The monoisotopic (exact) mass is 228 g/mol. The number of hydrogen-bond acceptors (Lipinski definition) is 3. The molecule has 0 aliphatic carbocycles. The minimum absolute atomic E-state index is 0.305. The third-order valence-corrected chi connectivity index (χ3v) is 3.05. The largest absolute Gasteiger partial charge is 0.342 e. The molecule has 1 aromatic heterocycles. The van der Waals surface area contributed by atoms with Crippen LogP contribution >= 0.6 is 0 Å². The highest BCUT2D eigenvalue weighted by Gasteiger charge is 2.27. The SMILES string of the molecule is Cc1nc2ccc(C(N)C(C)(C)C#N)cc2[nH]1. The molecule has 0 aliphatic rings. The molecule has 0 saturated heterocycles. The number of aromatic amines is 1. The average Bonchev–Trinajstić information content (AvgIpc) is 2.66. The van der Waals surface area contributed by atoms with Gasteiger partial charge in [-0.3, -0.25) is 0 Å². The number of imidazole rings is 1. The van der Waals surface area contributed by atoms with Crippen molar-refractivity contribution < 1.29 is 0 Å². The molecular weight excluding hydrogens is 212 g/mol. The second kappa shape index (κ2) is 3.86. The summed E-state index contributed by atoms with van der Waals surface area (Å²) < 4.78 is 0. The van der Waals surface area contributed by atoms with Crippen LogP contribution in [0.15, 0.2) is 18.2 Å². The van der Waals surface area contributed by atoms with Crippen molar-refractivity contribution in [2.24, 2.45) is 11.1 Å². The molecule has 0 spiro atoms. The van der Waals surface area contributed by atoms with Gasteiger partial charge < -0.3 is 10.7 Å². The molecule has 1 unspecified atom stereocenters. The summed E-state index contributed by atoms with van der Waals surface area (Å²) in [6.07, 6.45) is 0. The molecule has 0 saturated carbocycles. The molecular formula is C13H16N4. The molecule has 0 amide bonds. The second-order valence-electron chi connectivity index (χ2n) is 4.91. The van der Waals surface area contributed by atoms with Crippen LogP contribution < -0.4 is 5.73 Å². The van der Waals surface area contributed by atoms with E-state index in [9.17, 15) is 0 Å². The van der Waals surface area contributed by atoms with Gasteiger partial charge in [0.05, 0.1) is 22.5 Å². The number of benzene rings is 1. The molecule has 0 aliphatic heterocycles. The molecule has 0 bridgehead atoms. The summed E-state index contributed by atoms with van der Waals surface area (Å²) in [5.41, 5.74) is 8.38. The van der Waals surface area contributed by atoms with Crippen LogP contribution in [0, 0.1) is 23.7 Å². The Morgan fingerprint density at radius 3 is 2.82 bits per heavy atom. The van der Waals surface area contributed by atoms with Crippen LogP contribution in [0.2, 0.25) is 0 Å². The summed E-state index contributed by atoms with van der Waals surface area (Å²) in [4.78, 5) is 7.51. The lowest BCUT2D eigenvalue weighted by Crippen LogP contribution is -2.27. The summed E-state index contributed by atoms with van der Waals surface area (Å²) >= 11 is 0. The van der Waals surface area contributed by atoms with Gasteiger partial charge in [-0.2, -0.15) is 5.26 Å². The van der Waals surface area contributed by atoms with Gasteiger partial charge in [0.15, 0.2) is 0 Å². The topological polar surface area (TPSA) is 78.5 Å². The van der Waals surface area contributed by atoms with E-state index in [2.05, 4.69) is 16.0 Å². The molecule has 1 atom stereocenters. The summed E-state index contributed by atoms with van der Waals surface area (Å²) in [6.45, 7) is 5.61. The van der Waals surface area contributed by atoms with E-state index < -0.39 is 5.41 Å². The fourth-order valence-electron chi connectivity index (χ4n) is 1.83. The van der Waals surface area contributed by atoms with Gasteiger partial charge in [0.25, 0.3) is 0 Å². The number of H-pyrrole nitrogens is 1. The van der Waals surface area contributed by atoms with Crippen LogP contribution in [0.5, 0.6) is 0 Å². The standard InChI is InChI=1S/C13H16N4/c1-8-16-10-5-4-9(6-11(10)17-8)12(15)13(2,3)7-14/h4-6,12H,15H2,1-3H3,(H,16,17). The van der Waals surface area contributed by atoms with E-state index in [4.69, 9.17) is 11.0 Å². The normalized spacial score (nSPS) is 13.6. The maximum atomic E-state index is 9.09. The molecule has 3 N–H and O–H groups in total. The van der Waals surface area contributed by atoms with Crippen molar-refractivity contribution >= 4 is 11.0 Å². The molecule has 2 aromatic rings. The Balaban J connectivity index is 2.46. The van der Waals surface area contributed by atoms with Crippen molar-refractivity contribution in [1.82, 2.24) is 9.97 Å². The number of nitrogens with one attached hydrogen (secondary N) is 1. The second-order valence-corrected chi connectivity index (χ2v) is 4.91. The van der Waals surface area contributed by atoms with Crippen molar-refractivity contribution in [3.05, 3.63) is 29.6 Å². The molecule has 17 heavy (non-hydrogen) atoms. The fourth-order valence-corrected chi connectivity index (χ4v) is 1.83. The van der Waals surface area contributed by atoms with E-state index in [0.717, 1.165) is 22.4 Å². The summed E-state index contributed by atoms with van der Waals surface area (Å²) in [6, 6.07) is 7.78. The Kier molecular flexibility index (Phi) is 2.64. The lowest BCUT2D eigenvalue weighted by atomic mass is 9.82. The summed E-state index contributed by atoms with van der Waals surface area (Å²) in [7, 11) is 0. The maximum absolute atomic E-state index is 9.09. The highest BCUT2D eigenvalue weighted by Crippen LogP contribution is 2.31. The number of aryl methyl sites for hydroxylation is 1. The van der Waals surface area contributed by atoms with Crippen molar-refractivity contribution in [1.29, 1.82) is 5.26 Å². The lowest BCUT2D eigenvalue weighted by molar-refractivity contribution is 0.394. The molecule has 2 rings (SSSR count). The number of rotatable bonds is 2. The molecule has 0 radical (unpaired) electrons. The van der Waals surface area contributed by atoms with Crippen LogP contribution in [0.3, 0.4) is 0 Å². The van der Waals surface area contributed by atoms with E-state index in [0.29, 0.717) is 0 Å². The van der Waals surface area contributed by atoms with Gasteiger partial charge in [0.1, 0.15) is 5.82 Å². The zero-order valence-corrected chi connectivity index (χ0v) is 10.3. The molecule has 88 valence electrons. The van der Waals surface area contributed by atoms with Crippen molar-refractivity contribution in [3.8, 4) is 6.07 Å². The number of nitriles is 1. The first-order valence-corrected chi connectivity index (χ1v) is 5.57. The van der Waals surface area contributed by atoms with E-state index in [1.54, 1.807) is 0 Å². The van der Waals surface area contributed by atoms with Crippen molar-refractivity contribution in [2.75, 3.05) is 0 Å². The third-order valence-electron chi connectivity index (χ3n) is 3.05. The van der Waals surface area contributed by atoms with Crippen LogP contribution in [-0.2, 0) is 0 Å². The maximum Gasteiger partial charge on any atom is 0.104 e. The minimum Gasteiger partial charge on any atom is -0.342 e. The summed E-state index contributed by atoms with van der Waals surface area (Å²) in [5.74, 6) is 0.880. The van der Waals surface area contributed by atoms with Gasteiger partial charge in [0, 0.05) is 6.04 Å². The van der Waals surface area contributed by atoms with E-state index in [-0.39, 0.29) is 6.04 Å². The van der Waals surface area contributed by atoms with Crippen LogP contribution in [0.25, 0.3) is 11.0 Å². The third kappa shape index (κ3) is 2.02. The Morgan fingerprint density at radius 1 is 1.47 bits per heavy atom. The Hall–Kier alpha value is -1.86. The molecule has 1 aromatic carbocycles. The first-order chi connectivity index (χ1) is 7.94. The Bertz CT molecular complexity index is 589. The van der Waals surface area contributed by atoms with Crippen molar-refractivity contribution in [2.45, 2.75) is 26.8 Å². The smallest absolute Gasteiger partial charge is 0.104 e. The number of aromatic nitrogens is 2. The molecule has 1 heterocycles. The van der Waals surface area contributed by atoms with Gasteiger partial charge in [-0.15, -0.1) is 0 Å².